The second-order valence-corrected chi connectivity index (χ2v) is 6.88. The van der Waals surface area contributed by atoms with Crippen LogP contribution in [0.15, 0.2) is 23.3 Å². The van der Waals surface area contributed by atoms with E-state index in [2.05, 4.69) is 15.2 Å². The predicted molar refractivity (Wildman–Crippen MR) is 99.9 cm³/mol. The molecule has 0 saturated carbocycles. The summed E-state index contributed by atoms with van der Waals surface area (Å²) in [4.78, 5) is 32.5. The summed E-state index contributed by atoms with van der Waals surface area (Å²) >= 11 is 0. The molecule has 0 spiro atoms. The molecule has 0 N–H and O–H groups in total. The summed E-state index contributed by atoms with van der Waals surface area (Å²) in [6.07, 6.45) is 2.00. The van der Waals surface area contributed by atoms with Crippen molar-refractivity contribution >= 4 is 11.7 Å². The van der Waals surface area contributed by atoms with Gasteiger partial charge in [-0.15, -0.1) is 10.2 Å². The van der Waals surface area contributed by atoms with Crippen molar-refractivity contribution in [2.45, 2.75) is 32.9 Å². The van der Waals surface area contributed by atoms with Gasteiger partial charge >= 0.3 is 0 Å². The van der Waals surface area contributed by atoms with E-state index < -0.39 is 0 Å². The molecule has 27 heavy (non-hydrogen) atoms. The maximum Gasteiger partial charge on any atom is 0.256 e. The molecule has 0 aliphatic carbocycles. The van der Waals surface area contributed by atoms with Crippen molar-refractivity contribution in [1.82, 2.24) is 24.6 Å². The topological polar surface area (TPSA) is 93.4 Å². The van der Waals surface area contributed by atoms with Gasteiger partial charge in [-0.3, -0.25) is 14.2 Å². The zero-order chi connectivity index (χ0) is 19.6. The lowest BCUT2D eigenvalue weighted by atomic mass is 10.3. The highest BCUT2D eigenvalue weighted by Gasteiger charge is 2.28. The van der Waals surface area contributed by atoms with E-state index in [0.29, 0.717) is 36.6 Å². The lowest BCUT2D eigenvalue weighted by Crippen LogP contribution is -2.37. The van der Waals surface area contributed by atoms with E-state index in [1.165, 1.54) is 10.9 Å². The standard InChI is InChI=1S/C18H24N6O3/c1-12-13(2)19-11-24(18(12)26)10-17(25)23-8-7-14(9-23)27-16-6-5-15(20-21-16)22(3)4/h5-6,11,14H,7-10H2,1-4H3/t14-/m1/s1. The number of carbonyl (C=O) groups excluding carboxylic acids is 1. The van der Waals surface area contributed by atoms with Crippen molar-refractivity contribution in [2.24, 2.45) is 0 Å². The Hall–Kier alpha value is -2.97. The van der Waals surface area contributed by atoms with Crippen LogP contribution in [0.1, 0.15) is 17.7 Å². The van der Waals surface area contributed by atoms with Gasteiger partial charge < -0.3 is 14.5 Å². The van der Waals surface area contributed by atoms with E-state index in [4.69, 9.17) is 4.74 Å². The van der Waals surface area contributed by atoms with Gasteiger partial charge in [0.05, 0.1) is 12.9 Å². The largest absolute Gasteiger partial charge is 0.471 e. The molecule has 2 aromatic rings. The predicted octanol–water partition coefficient (Wildman–Crippen LogP) is 0.396. The molecule has 3 heterocycles. The second-order valence-electron chi connectivity index (χ2n) is 6.88. The molecule has 1 saturated heterocycles. The van der Waals surface area contributed by atoms with E-state index in [0.717, 1.165) is 5.82 Å². The van der Waals surface area contributed by atoms with Crippen molar-refractivity contribution in [3.05, 3.63) is 40.1 Å². The first-order chi connectivity index (χ1) is 12.8. The summed E-state index contributed by atoms with van der Waals surface area (Å²) in [5, 5.41) is 8.14. The van der Waals surface area contributed by atoms with Crippen LogP contribution in [-0.2, 0) is 11.3 Å². The molecule has 9 nitrogen and oxygen atoms in total. The number of aryl methyl sites for hydroxylation is 1. The number of anilines is 1. The Morgan fingerprint density at radius 1 is 1.30 bits per heavy atom. The van der Waals surface area contributed by atoms with Gasteiger partial charge in [-0.25, -0.2) is 4.98 Å². The zero-order valence-electron chi connectivity index (χ0n) is 16.0. The number of hydrogen-bond donors (Lipinski definition) is 0. The van der Waals surface area contributed by atoms with E-state index in [-0.39, 0.29) is 24.1 Å². The fourth-order valence-corrected chi connectivity index (χ4v) is 2.87. The van der Waals surface area contributed by atoms with E-state index >= 15 is 0 Å². The Kier molecular flexibility index (Phi) is 5.38. The van der Waals surface area contributed by atoms with Crippen molar-refractivity contribution < 1.29 is 9.53 Å². The van der Waals surface area contributed by atoms with Gasteiger partial charge in [0, 0.05) is 44.4 Å². The minimum absolute atomic E-state index is 0.0169. The van der Waals surface area contributed by atoms with Crippen molar-refractivity contribution in [1.29, 1.82) is 0 Å². The summed E-state index contributed by atoms with van der Waals surface area (Å²) in [6.45, 7) is 4.52. The molecule has 0 radical (unpaired) electrons. The summed E-state index contributed by atoms with van der Waals surface area (Å²) in [7, 11) is 3.78. The SMILES string of the molecule is Cc1ncn(CC(=O)N2CC[C@@H](Oc3ccc(N(C)C)nn3)C2)c(=O)c1C. The second kappa shape index (κ2) is 7.73. The molecule has 0 bridgehead atoms. The van der Waals surface area contributed by atoms with Crippen LogP contribution in [0.5, 0.6) is 5.88 Å². The van der Waals surface area contributed by atoms with Crippen LogP contribution >= 0.6 is 0 Å². The molecular weight excluding hydrogens is 348 g/mol. The molecule has 9 heteroatoms. The molecule has 0 unspecified atom stereocenters. The Bertz CT molecular complexity index is 878. The van der Waals surface area contributed by atoms with Crippen molar-refractivity contribution in [3.63, 3.8) is 0 Å². The van der Waals surface area contributed by atoms with Gasteiger partial charge in [-0.05, 0) is 19.9 Å². The number of nitrogens with zero attached hydrogens (tertiary/aromatic N) is 6. The Balaban J connectivity index is 1.58. The van der Waals surface area contributed by atoms with Gasteiger partial charge in [0.2, 0.25) is 11.8 Å². The number of amides is 1. The fraction of sp³-hybridized carbons (Fsp3) is 0.500. The van der Waals surface area contributed by atoms with Crippen LogP contribution in [0, 0.1) is 13.8 Å². The third kappa shape index (κ3) is 4.24. The molecule has 1 aliphatic heterocycles. The highest BCUT2D eigenvalue weighted by molar-refractivity contribution is 5.76. The van der Waals surface area contributed by atoms with E-state index in [9.17, 15) is 9.59 Å². The minimum Gasteiger partial charge on any atom is -0.471 e. The van der Waals surface area contributed by atoms with Crippen LogP contribution in [0.25, 0.3) is 0 Å². The van der Waals surface area contributed by atoms with Gasteiger partial charge in [-0.1, -0.05) is 0 Å². The Morgan fingerprint density at radius 3 is 2.74 bits per heavy atom. The Morgan fingerprint density at radius 2 is 2.07 bits per heavy atom. The number of hydrogen-bond acceptors (Lipinski definition) is 7. The lowest BCUT2D eigenvalue weighted by Gasteiger charge is -2.18. The average Bonchev–Trinajstić information content (AvgIpc) is 3.11. The number of rotatable bonds is 5. The highest BCUT2D eigenvalue weighted by Crippen LogP contribution is 2.17. The van der Waals surface area contributed by atoms with Crippen molar-refractivity contribution in [3.8, 4) is 5.88 Å². The normalized spacial score (nSPS) is 16.4. The molecule has 144 valence electrons. The first kappa shape index (κ1) is 18.8. The molecule has 1 atom stereocenters. The van der Waals surface area contributed by atoms with E-state index in [1.54, 1.807) is 24.8 Å². The first-order valence-electron chi connectivity index (χ1n) is 8.83. The molecule has 1 fully saturated rings. The summed E-state index contributed by atoms with van der Waals surface area (Å²) < 4.78 is 7.18. The van der Waals surface area contributed by atoms with Gasteiger partial charge in [0.1, 0.15) is 12.6 Å². The fourth-order valence-electron chi connectivity index (χ4n) is 2.87. The van der Waals surface area contributed by atoms with Gasteiger partial charge in [0.25, 0.3) is 5.56 Å². The Labute approximate surface area is 157 Å². The molecular formula is C18H24N6O3. The van der Waals surface area contributed by atoms with Gasteiger partial charge in [0.15, 0.2) is 5.82 Å². The lowest BCUT2D eigenvalue weighted by molar-refractivity contribution is -0.131. The maximum atomic E-state index is 12.5. The quantitative estimate of drug-likeness (QED) is 0.750. The summed E-state index contributed by atoms with van der Waals surface area (Å²) in [6, 6.07) is 3.60. The highest BCUT2D eigenvalue weighted by atomic mass is 16.5. The van der Waals surface area contributed by atoms with Gasteiger partial charge in [-0.2, -0.15) is 0 Å². The summed E-state index contributed by atoms with van der Waals surface area (Å²) in [5.74, 6) is 1.06. The van der Waals surface area contributed by atoms with E-state index in [1.807, 2.05) is 25.1 Å². The number of carbonyl (C=O) groups is 1. The third-order valence-corrected chi connectivity index (χ3v) is 4.69. The molecule has 3 rings (SSSR count). The number of aromatic nitrogens is 4. The van der Waals surface area contributed by atoms with Crippen LogP contribution < -0.4 is 15.2 Å². The van der Waals surface area contributed by atoms with Crippen LogP contribution in [-0.4, -0.2) is 63.8 Å². The third-order valence-electron chi connectivity index (χ3n) is 4.69. The molecule has 0 aromatic carbocycles. The molecule has 1 amide bonds. The molecule has 1 aliphatic rings. The van der Waals surface area contributed by atoms with Crippen LogP contribution in [0.2, 0.25) is 0 Å². The zero-order valence-corrected chi connectivity index (χ0v) is 16.0. The number of ether oxygens (including phenoxy) is 1. The van der Waals surface area contributed by atoms with Crippen LogP contribution in [0.3, 0.4) is 0 Å². The van der Waals surface area contributed by atoms with Crippen molar-refractivity contribution in [2.75, 3.05) is 32.1 Å². The minimum atomic E-state index is -0.181. The average molecular weight is 372 g/mol. The monoisotopic (exact) mass is 372 g/mol. The van der Waals surface area contributed by atoms with Crippen LogP contribution in [0.4, 0.5) is 5.82 Å². The molecule has 2 aromatic heterocycles. The number of likely N-dealkylation sites (tertiary alicyclic amines) is 1. The smallest absolute Gasteiger partial charge is 0.256 e. The first-order valence-corrected chi connectivity index (χ1v) is 8.83. The maximum absolute atomic E-state index is 12.5. The summed E-state index contributed by atoms with van der Waals surface area (Å²) in [5.41, 5.74) is 1.06.